The van der Waals surface area contributed by atoms with Gasteiger partial charge in [-0.15, -0.1) is 0 Å². The van der Waals surface area contributed by atoms with Crippen molar-refractivity contribution in [1.29, 1.82) is 0 Å². The minimum Gasteiger partial charge on any atom is -0.506 e. The molecule has 1 rings (SSSR count). The van der Waals surface area contributed by atoms with Crippen molar-refractivity contribution < 1.29 is 15.0 Å². The van der Waals surface area contributed by atoms with Crippen LogP contribution in [0.5, 0.6) is 5.75 Å². The number of aliphatic carboxylic acids is 1. The predicted octanol–water partition coefficient (Wildman–Crippen LogP) is 2.79. The van der Waals surface area contributed by atoms with Crippen LogP contribution in [0.1, 0.15) is 23.1 Å². The molecule has 15 heavy (non-hydrogen) atoms. The van der Waals surface area contributed by atoms with Crippen LogP contribution < -0.4 is 0 Å². The molecule has 82 valence electrons. The minimum atomic E-state index is -0.856. The van der Waals surface area contributed by atoms with Crippen molar-refractivity contribution in [3.05, 3.63) is 27.2 Å². The van der Waals surface area contributed by atoms with E-state index >= 15 is 0 Å². The Morgan fingerprint density at radius 2 is 2.00 bits per heavy atom. The molecule has 2 N–H and O–H groups in total. The number of halogens is 1. The first-order valence-corrected chi connectivity index (χ1v) is 5.42. The molecule has 3 nitrogen and oxygen atoms in total. The van der Waals surface area contributed by atoms with Gasteiger partial charge in [0.1, 0.15) is 5.75 Å². The van der Waals surface area contributed by atoms with E-state index in [0.29, 0.717) is 16.5 Å². The number of carboxylic acids is 1. The number of hydrogen-bond donors (Lipinski definition) is 2. The number of phenolic OH excluding ortho intramolecular Hbond substituents is 1. The van der Waals surface area contributed by atoms with E-state index in [4.69, 9.17) is 5.11 Å². The third-order valence-corrected chi connectivity index (χ3v) is 3.34. The molecule has 0 fully saturated rings. The minimum absolute atomic E-state index is 0.0316. The average molecular weight is 273 g/mol. The first-order valence-electron chi connectivity index (χ1n) is 4.62. The van der Waals surface area contributed by atoms with Crippen molar-refractivity contribution in [2.45, 2.75) is 26.7 Å². The number of aromatic hydroxyl groups is 1. The van der Waals surface area contributed by atoms with Crippen LogP contribution in [0.25, 0.3) is 0 Å². The summed E-state index contributed by atoms with van der Waals surface area (Å²) in [5, 5.41) is 18.4. The summed E-state index contributed by atoms with van der Waals surface area (Å²) in [5.41, 5.74) is 2.58. The highest BCUT2D eigenvalue weighted by Gasteiger charge is 2.12. The molecule has 0 amide bonds. The zero-order valence-electron chi connectivity index (χ0n) is 8.67. The molecule has 1 aromatic carbocycles. The lowest BCUT2D eigenvalue weighted by Crippen LogP contribution is -2.00. The zero-order chi connectivity index (χ0) is 11.6. The maximum Gasteiger partial charge on any atom is 0.303 e. The van der Waals surface area contributed by atoms with Gasteiger partial charge in [-0.3, -0.25) is 4.79 Å². The van der Waals surface area contributed by atoms with E-state index in [1.807, 2.05) is 19.9 Å². The lowest BCUT2D eigenvalue weighted by Gasteiger charge is -2.11. The largest absolute Gasteiger partial charge is 0.506 e. The quantitative estimate of drug-likeness (QED) is 0.890. The fraction of sp³-hybridized carbons (Fsp3) is 0.364. The second-order valence-corrected chi connectivity index (χ2v) is 4.34. The van der Waals surface area contributed by atoms with E-state index in [2.05, 4.69) is 15.9 Å². The molecule has 0 heterocycles. The molecule has 0 bridgehead atoms. The van der Waals surface area contributed by atoms with Crippen molar-refractivity contribution in [3.8, 4) is 5.75 Å². The van der Waals surface area contributed by atoms with Gasteiger partial charge in [0.15, 0.2) is 0 Å². The SMILES string of the molecule is Cc1cc(C)c(CCC(=O)O)c(O)c1Br. The van der Waals surface area contributed by atoms with Crippen LogP contribution in [-0.2, 0) is 11.2 Å². The standard InChI is InChI=1S/C11H13BrO3/c1-6-5-7(2)10(12)11(15)8(6)3-4-9(13)14/h5,15H,3-4H2,1-2H3,(H,13,14). The summed E-state index contributed by atoms with van der Waals surface area (Å²) in [7, 11) is 0. The Hall–Kier alpha value is -1.03. The first kappa shape index (κ1) is 12.0. The highest BCUT2D eigenvalue weighted by molar-refractivity contribution is 9.10. The van der Waals surface area contributed by atoms with Gasteiger partial charge in [0.25, 0.3) is 0 Å². The molecule has 0 unspecified atom stereocenters. The fourth-order valence-electron chi connectivity index (χ4n) is 1.53. The number of benzene rings is 1. The van der Waals surface area contributed by atoms with E-state index in [9.17, 15) is 9.90 Å². The maximum atomic E-state index is 10.5. The van der Waals surface area contributed by atoms with Crippen LogP contribution in [0.2, 0.25) is 0 Å². The van der Waals surface area contributed by atoms with Gasteiger partial charge in [0, 0.05) is 6.42 Å². The molecule has 0 atom stereocenters. The monoisotopic (exact) mass is 272 g/mol. The Morgan fingerprint density at radius 3 is 2.53 bits per heavy atom. The smallest absolute Gasteiger partial charge is 0.303 e. The van der Waals surface area contributed by atoms with Crippen molar-refractivity contribution in [2.24, 2.45) is 0 Å². The normalized spacial score (nSPS) is 10.3. The highest BCUT2D eigenvalue weighted by Crippen LogP contribution is 2.34. The van der Waals surface area contributed by atoms with Crippen LogP contribution in [0.4, 0.5) is 0 Å². The second kappa shape index (κ2) is 4.66. The van der Waals surface area contributed by atoms with Gasteiger partial charge in [0.2, 0.25) is 0 Å². The summed E-state index contributed by atoms with van der Waals surface area (Å²) in [6.45, 7) is 3.76. The van der Waals surface area contributed by atoms with E-state index in [-0.39, 0.29) is 12.2 Å². The van der Waals surface area contributed by atoms with E-state index < -0.39 is 5.97 Å². The van der Waals surface area contributed by atoms with E-state index in [0.717, 1.165) is 11.1 Å². The molecule has 1 aromatic rings. The Bertz CT molecular complexity index is 399. The third kappa shape index (κ3) is 2.72. The van der Waals surface area contributed by atoms with Gasteiger partial charge < -0.3 is 10.2 Å². The van der Waals surface area contributed by atoms with Gasteiger partial charge in [-0.2, -0.15) is 0 Å². The molecule has 0 aliphatic rings. The lowest BCUT2D eigenvalue weighted by molar-refractivity contribution is -0.136. The molecular formula is C11H13BrO3. The molecule has 0 saturated carbocycles. The van der Waals surface area contributed by atoms with E-state index in [1.54, 1.807) is 0 Å². The van der Waals surface area contributed by atoms with Crippen LogP contribution in [-0.4, -0.2) is 16.2 Å². The zero-order valence-corrected chi connectivity index (χ0v) is 10.3. The third-order valence-electron chi connectivity index (χ3n) is 2.34. The molecule has 4 heteroatoms. The summed E-state index contributed by atoms with van der Waals surface area (Å²) in [6.07, 6.45) is 0.385. The molecule has 0 saturated heterocycles. The Morgan fingerprint density at radius 1 is 1.40 bits per heavy atom. The summed E-state index contributed by atoms with van der Waals surface area (Å²) < 4.78 is 0.647. The number of phenols is 1. The number of aryl methyl sites for hydroxylation is 2. The summed E-state index contributed by atoms with van der Waals surface area (Å²) in [4.78, 5) is 10.5. The fourth-order valence-corrected chi connectivity index (χ4v) is 1.88. The summed E-state index contributed by atoms with van der Waals surface area (Å²) in [6, 6.07) is 1.93. The summed E-state index contributed by atoms with van der Waals surface area (Å²) in [5.74, 6) is -0.695. The topological polar surface area (TPSA) is 57.5 Å². The van der Waals surface area contributed by atoms with Crippen LogP contribution in [0, 0.1) is 13.8 Å². The molecule has 0 aromatic heterocycles. The lowest BCUT2D eigenvalue weighted by atomic mass is 10.0. The molecule has 0 radical (unpaired) electrons. The Kier molecular flexibility index (Phi) is 3.74. The maximum absolute atomic E-state index is 10.5. The van der Waals surface area contributed by atoms with Gasteiger partial charge in [-0.25, -0.2) is 0 Å². The predicted molar refractivity (Wildman–Crippen MR) is 61.2 cm³/mol. The van der Waals surface area contributed by atoms with Gasteiger partial charge >= 0.3 is 5.97 Å². The summed E-state index contributed by atoms with van der Waals surface area (Å²) >= 11 is 3.27. The van der Waals surface area contributed by atoms with Gasteiger partial charge in [-0.05, 0) is 52.9 Å². The molecule has 0 spiro atoms. The van der Waals surface area contributed by atoms with E-state index in [1.165, 1.54) is 0 Å². The number of carboxylic acid groups (broad SMARTS) is 1. The molecule has 0 aliphatic carbocycles. The molecular weight excluding hydrogens is 260 g/mol. The number of rotatable bonds is 3. The van der Waals surface area contributed by atoms with Gasteiger partial charge in [-0.1, -0.05) is 6.07 Å². The number of hydrogen-bond acceptors (Lipinski definition) is 2. The molecule has 0 aliphatic heterocycles. The van der Waals surface area contributed by atoms with Crippen molar-refractivity contribution in [3.63, 3.8) is 0 Å². The Balaban J connectivity index is 3.07. The van der Waals surface area contributed by atoms with Crippen molar-refractivity contribution in [1.82, 2.24) is 0 Å². The van der Waals surface area contributed by atoms with Crippen LogP contribution in [0.15, 0.2) is 10.5 Å². The first-order chi connectivity index (χ1) is 6.93. The van der Waals surface area contributed by atoms with Crippen LogP contribution in [0.3, 0.4) is 0 Å². The van der Waals surface area contributed by atoms with Gasteiger partial charge in [0.05, 0.1) is 4.47 Å². The second-order valence-electron chi connectivity index (χ2n) is 3.55. The highest BCUT2D eigenvalue weighted by atomic mass is 79.9. The Labute approximate surface area is 96.9 Å². The van der Waals surface area contributed by atoms with Crippen molar-refractivity contribution in [2.75, 3.05) is 0 Å². The average Bonchev–Trinajstić information content (AvgIpc) is 2.14. The van der Waals surface area contributed by atoms with Crippen LogP contribution >= 0.6 is 15.9 Å². The van der Waals surface area contributed by atoms with Crippen molar-refractivity contribution >= 4 is 21.9 Å². The number of carbonyl (C=O) groups is 1.